The van der Waals surface area contributed by atoms with Gasteiger partial charge in [0.25, 0.3) is 0 Å². The van der Waals surface area contributed by atoms with Gasteiger partial charge in [-0.2, -0.15) is 0 Å². The van der Waals surface area contributed by atoms with Crippen LogP contribution in [0.5, 0.6) is 0 Å². The molecule has 4 heavy (non-hydrogen) atoms. The Hall–Kier alpha value is 3.00. The largest absolute Gasteiger partial charge is 0 e. The number of rotatable bonds is 0. The predicted molar refractivity (Wildman–Crippen MR) is 5.75 cm³/mol. The van der Waals surface area contributed by atoms with E-state index in [1.54, 1.807) is 0 Å². The Bertz CT molecular complexity index is 3.25. The van der Waals surface area contributed by atoms with E-state index in [9.17, 15) is 0 Å². The summed E-state index contributed by atoms with van der Waals surface area (Å²) in [4.78, 5) is 0. The number of hydrogen-bond acceptors (Lipinski definition) is 0. The summed E-state index contributed by atoms with van der Waals surface area (Å²) in [6.07, 6.45) is 0. The third-order valence-electron chi connectivity index (χ3n) is 0. The minimum Gasteiger partial charge on any atom is 0 e. The molecule has 0 N–H and O–H groups in total. The van der Waals surface area contributed by atoms with Gasteiger partial charge in [-0.3, -0.25) is 0 Å². The van der Waals surface area contributed by atoms with E-state index in [-0.39, 0.29) is 95.8 Å². The molecular formula is Co3Sr. The smallest absolute Gasteiger partial charge is 0 e. The van der Waals surface area contributed by atoms with E-state index in [0.717, 1.165) is 0 Å². The van der Waals surface area contributed by atoms with Gasteiger partial charge in [-0.25, -0.2) is 0 Å². The fourth-order valence-corrected chi connectivity index (χ4v) is 0. The molecule has 0 amide bonds. The maximum atomic E-state index is 0. The van der Waals surface area contributed by atoms with E-state index in [1.807, 2.05) is 0 Å². The molecule has 0 saturated carbocycles. The Balaban J connectivity index is 0. The van der Waals surface area contributed by atoms with Crippen LogP contribution in [0.3, 0.4) is 0 Å². The summed E-state index contributed by atoms with van der Waals surface area (Å²) >= 11 is 0. The van der Waals surface area contributed by atoms with Crippen LogP contribution in [0.1, 0.15) is 0 Å². The van der Waals surface area contributed by atoms with Gasteiger partial charge in [-0.1, -0.05) is 0 Å². The van der Waals surface area contributed by atoms with Crippen molar-refractivity contribution in [2.45, 2.75) is 0 Å². The third-order valence-corrected chi connectivity index (χ3v) is 0. The van der Waals surface area contributed by atoms with Crippen molar-refractivity contribution in [3.8, 4) is 0 Å². The van der Waals surface area contributed by atoms with Crippen LogP contribution in [0, 0.1) is 0 Å². The van der Waals surface area contributed by atoms with Gasteiger partial charge >= 0.3 is 0 Å². The van der Waals surface area contributed by atoms with Crippen molar-refractivity contribution in [2.75, 3.05) is 0 Å². The van der Waals surface area contributed by atoms with Crippen molar-refractivity contribution in [2.24, 2.45) is 0 Å². The zero-order chi connectivity index (χ0) is 0. The molecule has 0 heterocycles. The van der Waals surface area contributed by atoms with Crippen LogP contribution in [0.4, 0.5) is 0 Å². The van der Waals surface area contributed by atoms with Gasteiger partial charge < -0.3 is 0 Å². The van der Waals surface area contributed by atoms with Gasteiger partial charge in [-0.15, -0.1) is 0 Å². The second-order valence-electron chi connectivity index (χ2n) is 0. The van der Waals surface area contributed by atoms with E-state index in [1.165, 1.54) is 0 Å². The van der Waals surface area contributed by atoms with Crippen LogP contribution in [-0.4, -0.2) is 45.5 Å². The molecule has 29 valence electrons. The van der Waals surface area contributed by atoms with Crippen molar-refractivity contribution >= 4 is 45.5 Å². The monoisotopic (exact) mass is 265 g/mol. The first-order chi connectivity index (χ1) is 0. The Kier molecular flexibility index (Phi) is 117. The van der Waals surface area contributed by atoms with Gasteiger partial charge in [0.05, 0.1) is 0 Å². The molecule has 0 unspecified atom stereocenters. The van der Waals surface area contributed by atoms with Gasteiger partial charge in [0.1, 0.15) is 0 Å². The van der Waals surface area contributed by atoms with E-state index in [0.29, 0.717) is 0 Å². The molecule has 0 aliphatic carbocycles. The minimum absolute atomic E-state index is 0. The summed E-state index contributed by atoms with van der Waals surface area (Å²) in [6, 6.07) is 0. The van der Waals surface area contributed by atoms with Crippen molar-refractivity contribution in [1.82, 2.24) is 0 Å². The first kappa shape index (κ1) is 28.0. The molecule has 0 nitrogen and oxygen atoms in total. The zero-order valence-corrected chi connectivity index (χ0v) is 8.31. The Morgan fingerprint density at radius 3 is 0.500 bits per heavy atom. The van der Waals surface area contributed by atoms with Gasteiger partial charge in [0, 0.05) is 95.8 Å². The average Bonchev–Trinajstić information content (AvgIpc) is 0. The van der Waals surface area contributed by atoms with E-state index in [2.05, 4.69) is 0 Å². The average molecular weight is 264 g/mol. The molecule has 5 radical (unpaired) electrons. The molecule has 0 spiro atoms. The van der Waals surface area contributed by atoms with Crippen LogP contribution < -0.4 is 0 Å². The molecule has 0 fully saturated rings. The molecular weight excluding hydrogens is 264 g/mol. The third kappa shape index (κ3) is 8.89. The fraction of sp³-hybridized carbons (Fsp3) is 0. The summed E-state index contributed by atoms with van der Waals surface area (Å²) in [5.74, 6) is 0. The summed E-state index contributed by atoms with van der Waals surface area (Å²) in [6.45, 7) is 0. The minimum atomic E-state index is 0. The van der Waals surface area contributed by atoms with Crippen LogP contribution in [0.15, 0.2) is 0 Å². The summed E-state index contributed by atoms with van der Waals surface area (Å²) in [7, 11) is 0. The van der Waals surface area contributed by atoms with Gasteiger partial charge in [-0.05, 0) is 0 Å². The van der Waals surface area contributed by atoms with Crippen molar-refractivity contribution in [3.63, 3.8) is 0 Å². The topological polar surface area (TPSA) is 0 Å². The first-order valence-electron chi connectivity index (χ1n) is 0. The normalized spacial score (nSPS) is 0. The second kappa shape index (κ2) is 16.7. The Labute approximate surface area is 93.7 Å². The predicted octanol–water partition coefficient (Wildman–Crippen LogP) is -0.388. The van der Waals surface area contributed by atoms with Gasteiger partial charge in [0.15, 0.2) is 0 Å². The maximum Gasteiger partial charge on any atom is 0 e. The van der Waals surface area contributed by atoms with Crippen molar-refractivity contribution < 1.29 is 50.3 Å². The molecule has 0 atom stereocenters. The molecule has 0 rings (SSSR count). The molecule has 0 aliphatic rings. The summed E-state index contributed by atoms with van der Waals surface area (Å²) in [5, 5.41) is 0. The number of hydrogen-bond donors (Lipinski definition) is 0. The fourth-order valence-electron chi connectivity index (χ4n) is 0. The summed E-state index contributed by atoms with van der Waals surface area (Å²) < 4.78 is 0. The van der Waals surface area contributed by atoms with Crippen LogP contribution >= 0.6 is 0 Å². The standard InChI is InChI=1S/3Co.Sr. The molecule has 0 aromatic rings. The molecule has 0 aliphatic heterocycles. The van der Waals surface area contributed by atoms with Crippen LogP contribution in [0.2, 0.25) is 0 Å². The Morgan fingerprint density at radius 1 is 0.500 bits per heavy atom. The van der Waals surface area contributed by atoms with Crippen molar-refractivity contribution in [1.29, 1.82) is 0 Å². The maximum absolute atomic E-state index is 0. The molecule has 0 aromatic carbocycles. The van der Waals surface area contributed by atoms with Gasteiger partial charge in [0.2, 0.25) is 0 Å². The van der Waals surface area contributed by atoms with E-state index in [4.69, 9.17) is 0 Å². The van der Waals surface area contributed by atoms with E-state index >= 15 is 0 Å². The van der Waals surface area contributed by atoms with E-state index < -0.39 is 0 Å². The first-order valence-corrected chi connectivity index (χ1v) is 0. The summed E-state index contributed by atoms with van der Waals surface area (Å²) in [5.41, 5.74) is 0. The molecule has 0 aromatic heterocycles. The van der Waals surface area contributed by atoms with Crippen LogP contribution in [0.25, 0.3) is 0 Å². The van der Waals surface area contributed by atoms with Crippen LogP contribution in [-0.2, 0) is 50.3 Å². The molecule has 4 heteroatoms. The quantitative estimate of drug-likeness (QED) is 0.523. The molecule has 0 saturated heterocycles. The Morgan fingerprint density at radius 2 is 0.500 bits per heavy atom. The second-order valence-corrected chi connectivity index (χ2v) is 0. The molecule has 0 bridgehead atoms. The SMILES string of the molecule is [Co].[Co].[Co].[Sr]. The van der Waals surface area contributed by atoms with Crippen molar-refractivity contribution in [3.05, 3.63) is 0 Å². The zero-order valence-electron chi connectivity index (χ0n) is 1.71.